The number of ether oxygens (including phenoxy) is 2. The Hall–Kier alpha value is -3.61. The lowest BCUT2D eigenvalue weighted by molar-refractivity contribution is -0.124. The van der Waals surface area contributed by atoms with Crippen molar-refractivity contribution in [3.8, 4) is 5.75 Å². The van der Waals surface area contributed by atoms with Crippen molar-refractivity contribution >= 4 is 11.9 Å². The summed E-state index contributed by atoms with van der Waals surface area (Å²) in [4.78, 5) is 24.2. The molecule has 0 spiro atoms. The molecule has 0 saturated carbocycles. The average molecular weight is 408 g/mol. The van der Waals surface area contributed by atoms with Crippen LogP contribution in [0.4, 0.5) is 0 Å². The molecule has 0 fully saturated rings. The zero-order valence-electron chi connectivity index (χ0n) is 17.0. The van der Waals surface area contributed by atoms with Gasteiger partial charge in [-0.25, -0.2) is 4.79 Å². The molecule has 1 N–H and O–H groups in total. The van der Waals surface area contributed by atoms with Gasteiger partial charge in [0.1, 0.15) is 18.1 Å². The van der Waals surface area contributed by atoms with Crippen molar-refractivity contribution in [1.29, 1.82) is 0 Å². The standard InChI is InChI=1S/C23H24N2O5/c1-16-21(17(2)30-25-16)14-28-20-10-6-9-19(13-20)23(27)29-15-22(26)24-12-11-18-7-4-3-5-8-18/h3-10,13H,11-12,14-15H2,1-2H3,(H,24,26). The van der Waals surface area contributed by atoms with Crippen molar-refractivity contribution in [2.75, 3.05) is 13.2 Å². The highest BCUT2D eigenvalue weighted by molar-refractivity contribution is 5.91. The number of carbonyl (C=O) groups excluding carboxylic acids is 2. The fraction of sp³-hybridized carbons (Fsp3) is 0.261. The van der Waals surface area contributed by atoms with Crippen LogP contribution in [0.2, 0.25) is 0 Å². The van der Waals surface area contributed by atoms with Gasteiger partial charge in [-0.1, -0.05) is 41.6 Å². The molecule has 30 heavy (non-hydrogen) atoms. The molecule has 0 bridgehead atoms. The summed E-state index contributed by atoms with van der Waals surface area (Å²) in [6, 6.07) is 16.4. The smallest absolute Gasteiger partial charge is 0.338 e. The van der Waals surface area contributed by atoms with E-state index in [4.69, 9.17) is 14.0 Å². The Morgan fingerprint density at radius 3 is 2.60 bits per heavy atom. The van der Waals surface area contributed by atoms with Crippen LogP contribution in [-0.4, -0.2) is 30.2 Å². The van der Waals surface area contributed by atoms with Crippen LogP contribution in [0.3, 0.4) is 0 Å². The first-order valence-corrected chi connectivity index (χ1v) is 9.65. The van der Waals surface area contributed by atoms with Crippen LogP contribution in [0.5, 0.6) is 5.75 Å². The van der Waals surface area contributed by atoms with Gasteiger partial charge < -0.3 is 19.3 Å². The summed E-state index contributed by atoms with van der Waals surface area (Å²) in [6.07, 6.45) is 0.713. The van der Waals surface area contributed by atoms with Gasteiger partial charge in [0.05, 0.1) is 16.8 Å². The SMILES string of the molecule is Cc1noc(C)c1COc1cccc(C(=O)OCC(=O)NCCc2ccccc2)c1. The average Bonchev–Trinajstić information content (AvgIpc) is 3.09. The van der Waals surface area contributed by atoms with Gasteiger partial charge in [0.25, 0.3) is 5.91 Å². The van der Waals surface area contributed by atoms with Crippen LogP contribution >= 0.6 is 0 Å². The fourth-order valence-corrected chi connectivity index (χ4v) is 2.83. The van der Waals surface area contributed by atoms with Gasteiger partial charge in [-0.15, -0.1) is 0 Å². The van der Waals surface area contributed by atoms with Crippen molar-refractivity contribution in [3.63, 3.8) is 0 Å². The highest BCUT2D eigenvalue weighted by atomic mass is 16.5. The third-order valence-electron chi connectivity index (χ3n) is 4.55. The second-order valence-electron chi connectivity index (χ2n) is 6.78. The van der Waals surface area contributed by atoms with Crippen LogP contribution in [-0.2, 0) is 22.6 Å². The molecule has 0 aliphatic carbocycles. The normalized spacial score (nSPS) is 10.5. The van der Waals surface area contributed by atoms with Crippen LogP contribution in [0, 0.1) is 13.8 Å². The lowest BCUT2D eigenvalue weighted by Crippen LogP contribution is -2.30. The molecule has 1 aromatic heterocycles. The molecular weight excluding hydrogens is 384 g/mol. The number of rotatable bonds is 9. The maximum absolute atomic E-state index is 12.3. The summed E-state index contributed by atoms with van der Waals surface area (Å²) in [6.45, 7) is 4.08. The lowest BCUT2D eigenvalue weighted by Gasteiger charge is -2.09. The number of nitrogens with one attached hydrogen (secondary N) is 1. The fourth-order valence-electron chi connectivity index (χ4n) is 2.83. The summed E-state index contributed by atoms with van der Waals surface area (Å²) in [5, 5.41) is 6.63. The summed E-state index contributed by atoms with van der Waals surface area (Å²) >= 11 is 0. The van der Waals surface area contributed by atoms with Crippen LogP contribution < -0.4 is 10.1 Å². The quantitative estimate of drug-likeness (QED) is 0.546. The van der Waals surface area contributed by atoms with Gasteiger partial charge in [-0.2, -0.15) is 0 Å². The molecule has 0 atom stereocenters. The highest BCUT2D eigenvalue weighted by Gasteiger charge is 2.13. The molecule has 0 aliphatic heterocycles. The summed E-state index contributed by atoms with van der Waals surface area (Å²) in [5.41, 5.74) is 3.07. The van der Waals surface area contributed by atoms with Crippen molar-refractivity contribution < 1.29 is 23.6 Å². The van der Waals surface area contributed by atoms with Crippen molar-refractivity contribution in [3.05, 3.63) is 82.7 Å². The molecule has 0 radical (unpaired) electrons. The Bertz CT molecular complexity index is 978. The highest BCUT2D eigenvalue weighted by Crippen LogP contribution is 2.19. The van der Waals surface area contributed by atoms with E-state index in [9.17, 15) is 9.59 Å². The Balaban J connectivity index is 1.44. The monoisotopic (exact) mass is 408 g/mol. The summed E-state index contributed by atoms with van der Waals surface area (Å²) in [5.74, 6) is 0.277. The van der Waals surface area contributed by atoms with E-state index < -0.39 is 5.97 Å². The second-order valence-corrected chi connectivity index (χ2v) is 6.78. The zero-order valence-corrected chi connectivity index (χ0v) is 17.0. The van der Waals surface area contributed by atoms with E-state index in [0.717, 1.165) is 16.8 Å². The first-order chi connectivity index (χ1) is 14.5. The van der Waals surface area contributed by atoms with Crippen molar-refractivity contribution in [2.45, 2.75) is 26.9 Å². The number of aryl methyl sites for hydroxylation is 2. The number of hydrogen-bond acceptors (Lipinski definition) is 6. The minimum Gasteiger partial charge on any atom is -0.489 e. The number of aromatic nitrogens is 1. The van der Waals surface area contributed by atoms with E-state index in [0.29, 0.717) is 30.0 Å². The Labute approximate surface area is 175 Å². The molecule has 7 heteroatoms. The Morgan fingerprint density at radius 2 is 1.87 bits per heavy atom. The van der Waals surface area contributed by atoms with E-state index >= 15 is 0 Å². The van der Waals surface area contributed by atoms with Gasteiger partial charge in [-0.05, 0) is 44.0 Å². The van der Waals surface area contributed by atoms with E-state index in [2.05, 4.69) is 10.5 Å². The van der Waals surface area contributed by atoms with E-state index in [-0.39, 0.29) is 19.1 Å². The van der Waals surface area contributed by atoms with Gasteiger partial charge >= 0.3 is 5.97 Å². The molecule has 0 unspecified atom stereocenters. The van der Waals surface area contributed by atoms with E-state index in [1.165, 1.54) is 0 Å². The summed E-state index contributed by atoms with van der Waals surface area (Å²) in [7, 11) is 0. The number of nitrogens with zero attached hydrogens (tertiary/aromatic N) is 1. The number of benzene rings is 2. The molecule has 2 aromatic carbocycles. The van der Waals surface area contributed by atoms with Gasteiger partial charge in [0.2, 0.25) is 0 Å². The number of hydrogen-bond donors (Lipinski definition) is 1. The van der Waals surface area contributed by atoms with Gasteiger partial charge in [0, 0.05) is 6.54 Å². The van der Waals surface area contributed by atoms with Crippen LogP contribution in [0.1, 0.15) is 32.9 Å². The second kappa shape index (κ2) is 10.2. The molecule has 3 rings (SSSR count). The maximum Gasteiger partial charge on any atom is 0.338 e. The third kappa shape index (κ3) is 5.94. The van der Waals surface area contributed by atoms with E-state index in [1.54, 1.807) is 24.3 Å². The zero-order chi connectivity index (χ0) is 21.3. The molecular formula is C23H24N2O5. The first-order valence-electron chi connectivity index (χ1n) is 9.65. The van der Waals surface area contributed by atoms with Gasteiger partial charge in [-0.3, -0.25) is 4.79 Å². The van der Waals surface area contributed by atoms with E-state index in [1.807, 2.05) is 44.2 Å². The number of esters is 1. The lowest BCUT2D eigenvalue weighted by atomic mass is 10.1. The van der Waals surface area contributed by atoms with Crippen molar-refractivity contribution in [1.82, 2.24) is 10.5 Å². The predicted octanol–water partition coefficient (Wildman–Crippen LogP) is 3.39. The van der Waals surface area contributed by atoms with Crippen LogP contribution in [0.15, 0.2) is 59.1 Å². The largest absolute Gasteiger partial charge is 0.489 e. The molecule has 0 aliphatic rings. The minimum absolute atomic E-state index is 0.281. The topological polar surface area (TPSA) is 90.7 Å². The third-order valence-corrected chi connectivity index (χ3v) is 4.55. The Kier molecular flexibility index (Phi) is 7.21. The predicted molar refractivity (Wildman–Crippen MR) is 110 cm³/mol. The molecule has 0 saturated heterocycles. The number of amides is 1. The minimum atomic E-state index is -0.587. The number of carbonyl (C=O) groups is 2. The summed E-state index contributed by atoms with van der Waals surface area (Å²) < 4.78 is 16.0. The maximum atomic E-state index is 12.3. The molecule has 7 nitrogen and oxygen atoms in total. The van der Waals surface area contributed by atoms with Crippen LogP contribution in [0.25, 0.3) is 0 Å². The van der Waals surface area contributed by atoms with Gasteiger partial charge in [0.15, 0.2) is 6.61 Å². The Morgan fingerprint density at radius 1 is 1.07 bits per heavy atom. The molecule has 1 amide bonds. The van der Waals surface area contributed by atoms with Crippen molar-refractivity contribution in [2.24, 2.45) is 0 Å². The molecule has 1 heterocycles. The molecule has 3 aromatic rings. The first kappa shape index (κ1) is 21.1. The molecule has 156 valence electrons.